The predicted molar refractivity (Wildman–Crippen MR) is 75.7 cm³/mol. The SMILES string of the molecule is CCOC(=O)c1c(/C=C/[NH+](C)C)oc2ccc(O)cc12. The standard InChI is InChI=1S/C15H17NO4/c1-4-19-15(18)14-11-9-10(17)5-6-12(11)20-13(14)7-8-16(2)3/h5-9,17H,4H2,1-3H3/p+1/b8-7+. The summed E-state index contributed by atoms with van der Waals surface area (Å²) in [5, 5.41) is 10.1. The van der Waals surface area contributed by atoms with E-state index in [0.717, 1.165) is 4.90 Å². The Morgan fingerprint density at radius 2 is 2.20 bits per heavy atom. The highest BCUT2D eigenvalue weighted by Crippen LogP contribution is 2.30. The summed E-state index contributed by atoms with van der Waals surface area (Å²) in [5.74, 6) is 0.0631. The molecule has 0 aliphatic carbocycles. The molecule has 0 spiro atoms. The average molecular weight is 276 g/mol. The molecule has 2 rings (SSSR count). The van der Waals surface area contributed by atoms with Crippen molar-refractivity contribution < 1.29 is 24.0 Å². The minimum absolute atomic E-state index is 0.0811. The molecule has 2 N–H and O–H groups in total. The predicted octanol–water partition coefficient (Wildman–Crippen LogP) is 1.43. The maximum absolute atomic E-state index is 12.1. The lowest BCUT2D eigenvalue weighted by atomic mass is 10.1. The second kappa shape index (κ2) is 5.79. The molecule has 0 aliphatic rings. The Hall–Kier alpha value is -2.27. The van der Waals surface area contributed by atoms with Crippen LogP contribution >= 0.6 is 0 Å². The summed E-state index contributed by atoms with van der Waals surface area (Å²) in [5.41, 5.74) is 0.884. The monoisotopic (exact) mass is 276 g/mol. The van der Waals surface area contributed by atoms with Gasteiger partial charge in [-0.1, -0.05) is 0 Å². The Morgan fingerprint density at radius 1 is 1.45 bits per heavy atom. The van der Waals surface area contributed by atoms with Crippen molar-refractivity contribution in [2.24, 2.45) is 0 Å². The van der Waals surface area contributed by atoms with Crippen LogP contribution in [-0.2, 0) is 4.74 Å². The largest absolute Gasteiger partial charge is 0.508 e. The van der Waals surface area contributed by atoms with Gasteiger partial charge in [-0.3, -0.25) is 0 Å². The van der Waals surface area contributed by atoms with Gasteiger partial charge in [-0.05, 0) is 25.1 Å². The fraction of sp³-hybridized carbons (Fsp3) is 0.267. The average Bonchev–Trinajstić information content (AvgIpc) is 2.74. The number of ether oxygens (including phenoxy) is 1. The van der Waals surface area contributed by atoms with Crippen LogP contribution in [0.1, 0.15) is 23.0 Å². The van der Waals surface area contributed by atoms with E-state index in [1.54, 1.807) is 19.1 Å². The lowest BCUT2D eigenvalue weighted by Gasteiger charge is -2.01. The number of aromatic hydroxyl groups is 1. The number of carbonyl (C=O) groups is 1. The molecule has 2 aromatic rings. The molecule has 106 valence electrons. The van der Waals surface area contributed by atoms with Gasteiger partial charge in [0.1, 0.15) is 22.7 Å². The number of hydrogen-bond donors (Lipinski definition) is 2. The minimum Gasteiger partial charge on any atom is -0.508 e. The van der Waals surface area contributed by atoms with Crippen LogP contribution in [0.2, 0.25) is 0 Å². The number of phenols is 1. The zero-order valence-corrected chi connectivity index (χ0v) is 11.8. The smallest absolute Gasteiger partial charge is 0.342 e. The van der Waals surface area contributed by atoms with Crippen molar-refractivity contribution in [1.82, 2.24) is 0 Å². The molecule has 0 atom stereocenters. The van der Waals surface area contributed by atoms with Crippen molar-refractivity contribution in [2.75, 3.05) is 20.7 Å². The molecule has 20 heavy (non-hydrogen) atoms. The molecule has 0 aliphatic heterocycles. The number of phenolic OH excluding ortho intramolecular Hbond substituents is 1. The highest BCUT2D eigenvalue weighted by Gasteiger charge is 2.21. The molecule has 0 amide bonds. The van der Waals surface area contributed by atoms with Gasteiger partial charge >= 0.3 is 5.97 Å². The molecule has 1 aromatic heterocycles. The normalized spacial score (nSPS) is 11.6. The summed E-state index contributed by atoms with van der Waals surface area (Å²) >= 11 is 0. The van der Waals surface area contributed by atoms with E-state index in [2.05, 4.69) is 0 Å². The van der Waals surface area contributed by atoms with E-state index >= 15 is 0 Å². The highest BCUT2D eigenvalue weighted by atomic mass is 16.5. The molecule has 0 saturated carbocycles. The van der Waals surface area contributed by atoms with E-state index in [1.165, 1.54) is 12.1 Å². The zero-order valence-electron chi connectivity index (χ0n) is 11.8. The van der Waals surface area contributed by atoms with Gasteiger partial charge in [0.25, 0.3) is 0 Å². The number of quaternary nitrogens is 1. The van der Waals surface area contributed by atoms with Gasteiger partial charge in [0.15, 0.2) is 0 Å². The van der Waals surface area contributed by atoms with Crippen LogP contribution in [0.3, 0.4) is 0 Å². The van der Waals surface area contributed by atoms with Crippen LogP contribution in [0.15, 0.2) is 28.8 Å². The Balaban J connectivity index is 2.60. The number of fused-ring (bicyclic) bond motifs is 1. The maximum atomic E-state index is 12.1. The summed E-state index contributed by atoms with van der Waals surface area (Å²) in [7, 11) is 3.91. The van der Waals surface area contributed by atoms with Crippen molar-refractivity contribution in [2.45, 2.75) is 6.92 Å². The number of benzene rings is 1. The molecular formula is C15H18NO4+. The number of carbonyl (C=O) groups excluding carboxylic acids is 1. The van der Waals surface area contributed by atoms with Crippen LogP contribution in [0.25, 0.3) is 17.0 Å². The van der Waals surface area contributed by atoms with E-state index in [0.29, 0.717) is 22.3 Å². The Kier molecular flexibility index (Phi) is 4.10. The molecule has 1 heterocycles. The van der Waals surface area contributed by atoms with Crippen LogP contribution in [0.4, 0.5) is 0 Å². The van der Waals surface area contributed by atoms with Crippen LogP contribution in [-0.4, -0.2) is 31.8 Å². The van der Waals surface area contributed by atoms with Crippen molar-refractivity contribution in [1.29, 1.82) is 0 Å². The van der Waals surface area contributed by atoms with Crippen molar-refractivity contribution >= 4 is 23.0 Å². The lowest BCUT2D eigenvalue weighted by molar-refractivity contribution is -0.800. The van der Waals surface area contributed by atoms with Crippen molar-refractivity contribution in [3.8, 4) is 5.75 Å². The molecule has 5 heteroatoms. The van der Waals surface area contributed by atoms with E-state index in [4.69, 9.17) is 9.15 Å². The van der Waals surface area contributed by atoms with Gasteiger partial charge in [0.05, 0.1) is 26.9 Å². The number of esters is 1. The summed E-state index contributed by atoms with van der Waals surface area (Å²) in [6.07, 6.45) is 3.60. The summed E-state index contributed by atoms with van der Waals surface area (Å²) < 4.78 is 10.7. The third-order valence-electron chi connectivity index (χ3n) is 2.75. The van der Waals surface area contributed by atoms with Crippen molar-refractivity contribution in [3.05, 3.63) is 35.7 Å². The molecule has 0 bridgehead atoms. The van der Waals surface area contributed by atoms with Gasteiger partial charge in [0.2, 0.25) is 0 Å². The highest BCUT2D eigenvalue weighted by molar-refractivity contribution is 6.06. The topological polar surface area (TPSA) is 64.1 Å². The van der Waals surface area contributed by atoms with Crippen LogP contribution in [0.5, 0.6) is 5.75 Å². The molecule has 0 radical (unpaired) electrons. The van der Waals surface area contributed by atoms with Gasteiger partial charge in [0, 0.05) is 11.5 Å². The Morgan fingerprint density at radius 3 is 2.85 bits per heavy atom. The fourth-order valence-corrected chi connectivity index (χ4v) is 1.88. The molecule has 0 fully saturated rings. The fourth-order valence-electron chi connectivity index (χ4n) is 1.88. The van der Waals surface area contributed by atoms with E-state index in [-0.39, 0.29) is 12.4 Å². The van der Waals surface area contributed by atoms with Gasteiger partial charge in [-0.25, -0.2) is 4.79 Å². The van der Waals surface area contributed by atoms with E-state index in [1.807, 2.05) is 20.3 Å². The van der Waals surface area contributed by atoms with Gasteiger partial charge in [-0.15, -0.1) is 0 Å². The Bertz CT molecular complexity index is 655. The third kappa shape index (κ3) is 2.83. The zero-order chi connectivity index (χ0) is 14.7. The van der Waals surface area contributed by atoms with E-state index < -0.39 is 5.97 Å². The second-order valence-corrected chi connectivity index (χ2v) is 4.65. The van der Waals surface area contributed by atoms with Crippen LogP contribution < -0.4 is 4.90 Å². The number of nitrogens with one attached hydrogen (secondary N) is 1. The summed E-state index contributed by atoms with van der Waals surface area (Å²) in [6, 6.07) is 4.66. The second-order valence-electron chi connectivity index (χ2n) is 4.65. The minimum atomic E-state index is -0.453. The Labute approximate surface area is 117 Å². The first-order chi connectivity index (χ1) is 9.52. The van der Waals surface area contributed by atoms with Crippen molar-refractivity contribution in [3.63, 3.8) is 0 Å². The number of furan rings is 1. The first-order valence-electron chi connectivity index (χ1n) is 6.43. The maximum Gasteiger partial charge on any atom is 0.342 e. The van der Waals surface area contributed by atoms with Crippen LogP contribution in [0, 0.1) is 0 Å². The third-order valence-corrected chi connectivity index (χ3v) is 2.75. The summed E-state index contributed by atoms with van der Waals surface area (Å²) in [4.78, 5) is 13.2. The first-order valence-corrected chi connectivity index (χ1v) is 6.43. The number of rotatable bonds is 4. The first kappa shape index (κ1) is 14.1. The molecular weight excluding hydrogens is 258 g/mol. The van der Waals surface area contributed by atoms with E-state index in [9.17, 15) is 9.90 Å². The quantitative estimate of drug-likeness (QED) is 0.829. The number of hydrogen-bond acceptors (Lipinski definition) is 4. The molecule has 5 nitrogen and oxygen atoms in total. The van der Waals surface area contributed by atoms with Gasteiger partial charge < -0.3 is 19.2 Å². The molecule has 0 unspecified atom stereocenters. The summed E-state index contributed by atoms with van der Waals surface area (Å²) in [6.45, 7) is 2.03. The van der Waals surface area contributed by atoms with Gasteiger partial charge in [-0.2, -0.15) is 0 Å². The molecule has 0 saturated heterocycles. The molecule has 1 aromatic carbocycles. The lowest BCUT2D eigenvalue weighted by Crippen LogP contribution is -3.00.